The lowest BCUT2D eigenvalue weighted by Gasteiger charge is -2.17. The molecule has 0 spiro atoms. The number of unbranched alkanes of at least 4 members (excludes halogenated alkanes) is 4. The number of epoxide rings is 1. The summed E-state index contributed by atoms with van der Waals surface area (Å²) in [4.78, 5) is 11.8. The van der Waals surface area contributed by atoms with Crippen LogP contribution < -0.4 is 0 Å². The minimum Gasteiger partial charge on any atom is -0.365 e. The average molecular weight is 361 g/mol. The number of hydrogen-bond donors (Lipinski definition) is 0. The normalized spacial score (nSPS) is 20.6. The van der Waals surface area contributed by atoms with Crippen LogP contribution in [0.4, 0.5) is 0 Å². The van der Waals surface area contributed by atoms with Crippen molar-refractivity contribution in [1.29, 1.82) is 0 Å². The fourth-order valence-electron chi connectivity index (χ4n) is 2.93. The summed E-state index contributed by atoms with van der Waals surface area (Å²) in [5, 5.41) is 0. The molecule has 0 aliphatic carbocycles. The molecule has 1 aliphatic heterocycles. The summed E-state index contributed by atoms with van der Waals surface area (Å²) in [6.07, 6.45) is 23.9. The molecule has 2 heteroatoms. The molecule has 1 heterocycles. The Morgan fingerprint density at radius 3 is 2.50 bits per heavy atom. The monoisotopic (exact) mass is 360 g/mol. The van der Waals surface area contributed by atoms with Crippen LogP contribution in [0.3, 0.4) is 0 Å². The Bertz CT molecular complexity index is 465. The molecule has 1 fully saturated rings. The number of carbonyl (C=O) groups is 1. The fourth-order valence-corrected chi connectivity index (χ4v) is 2.93. The predicted molar refractivity (Wildman–Crippen MR) is 112 cm³/mol. The van der Waals surface area contributed by atoms with Gasteiger partial charge in [0, 0.05) is 6.42 Å². The van der Waals surface area contributed by atoms with E-state index in [-0.39, 0.29) is 11.9 Å². The first-order valence-electron chi connectivity index (χ1n) is 10.6. The maximum Gasteiger partial charge on any atom is 0.159 e. The molecule has 2 unspecified atom stereocenters. The second kappa shape index (κ2) is 13.1. The molecule has 0 radical (unpaired) electrons. The molecule has 26 heavy (non-hydrogen) atoms. The molecule has 0 aromatic rings. The van der Waals surface area contributed by atoms with E-state index in [2.05, 4.69) is 45.9 Å². The van der Waals surface area contributed by atoms with Crippen LogP contribution in [0.25, 0.3) is 0 Å². The molecule has 0 saturated carbocycles. The third kappa shape index (κ3) is 13.1. The largest absolute Gasteiger partial charge is 0.365 e. The molecule has 148 valence electrons. The third-order valence-electron chi connectivity index (χ3n) is 4.66. The summed E-state index contributed by atoms with van der Waals surface area (Å²) >= 11 is 0. The van der Waals surface area contributed by atoms with Gasteiger partial charge >= 0.3 is 0 Å². The van der Waals surface area contributed by atoms with Gasteiger partial charge < -0.3 is 4.74 Å². The standard InChI is InChI=1S/C24H40O2/c1-5-6-7-8-9-10-11-12-13-16-21(25)18-19-23-22(26-23)17-14-15-20-24(2,3)4/h9-10,12-13,18-19,22-23H,5-8,11,14-17,20H2,1-4H3/b10-9-,13-12-,19-18+. The third-order valence-corrected chi connectivity index (χ3v) is 4.66. The molecular weight excluding hydrogens is 320 g/mol. The summed E-state index contributed by atoms with van der Waals surface area (Å²) in [7, 11) is 0. The summed E-state index contributed by atoms with van der Waals surface area (Å²) in [5.41, 5.74) is 0.425. The van der Waals surface area contributed by atoms with Gasteiger partial charge in [0.2, 0.25) is 0 Å². The molecule has 1 aliphatic rings. The van der Waals surface area contributed by atoms with Crippen molar-refractivity contribution in [1.82, 2.24) is 0 Å². The van der Waals surface area contributed by atoms with Crippen molar-refractivity contribution in [3.63, 3.8) is 0 Å². The number of allylic oxidation sites excluding steroid dienone is 5. The molecule has 1 rings (SSSR count). The maximum absolute atomic E-state index is 11.8. The Kier molecular flexibility index (Phi) is 11.5. The Morgan fingerprint density at radius 2 is 1.77 bits per heavy atom. The van der Waals surface area contributed by atoms with E-state index in [9.17, 15) is 4.79 Å². The highest BCUT2D eigenvalue weighted by Gasteiger charge is 2.35. The number of carbonyl (C=O) groups excluding carboxylic acids is 1. The Balaban J connectivity index is 2.03. The van der Waals surface area contributed by atoms with Crippen molar-refractivity contribution in [2.45, 2.75) is 104 Å². The van der Waals surface area contributed by atoms with Gasteiger partial charge in [-0.05, 0) is 49.7 Å². The van der Waals surface area contributed by atoms with E-state index in [1.54, 1.807) is 6.08 Å². The number of ketones is 1. The Morgan fingerprint density at radius 1 is 1.00 bits per heavy atom. The van der Waals surface area contributed by atoms with Crippen LogP contribution in [0.15, 0.2) is 36.5 Å². The summed E-state index contributed by atoms with van der Waals surface area (Å²) in [6.45, 7) is 9.09. The van der Waals surface area contributed by atoms with Gasteiger partial charge in [0.25, 0.3) is 0 Å². The lowest BCUT2D eigenvalue weighted by Crippen LogP contribution is -2.04. The molecular formula is C24H40O2. The van der Waals surface area contributed by atoms with Crippen molar-refractivity contribution in [3.05, 3.63) is 36.5 Å². The SMILES string of the molecule is CCCCC/C=C\C/C=C\CC(=O)/C=C/C1OC1CCCCC(C)(C)C. The van der Waals surface area contributed by atoms with Crippen LogP contribution in [-0.2, 0) is 9.53 Å². The lowest BCUT2D eigenvalue weighted by molar-refractivity contribution is -0.113. The van der Waals surface area contributed by atoms with Crippen molar-refractivity contribution >= 4 is 5.78 Å². The first-order valence-corrected chi connectivity index (χ1v) is 10.6. The molecule has 2 atom stereocenters. The van der Waals surface area contributed by atoms with Gasteiger partial charge in [-0.15, -0.1) is 0 Å². The minimum absolute atomic E-state index is 0.162. The topological polar surface area (TPSA) is 29.6 Å². The highest BCUT2D eigenvalue weighted by Crippen LogP contribution is 2.30. The van der Waals surface area contributed by atoms with E-state index in [4.69, 9.17) is 4.74 Å². The molecule has 0 aromatic carbocycles. The van der Waals surface area contributed by atoms with E-state index in [0.717, 1.165) is 12.8 Å². The number of rotatable bonds is 14. The highest BCUT2D eigenvalue weighted by atomic mass is 16.6. The zero-order chi connectivity index (χ0) is 19.3. The van der Waals surface area contributed by atoms with Crippen LogP contribution in [-0.4, -0.2) is 18.0 Å². The van der Waals surface area contributed by atoms with Crippen molar-refractivity contribution in [2.24, 2.45) is 5.41 Å². The molecule has 1 saturated heterocycles. The van der Waals surface area contributed by atoms with Gasteiger partial charge in [-0.1, -0.05) is 77.7 Å². The van der Waals surface area contributed by atoms with Crippen molar-refractivity contribution < 1.29 is 9.53 Å². The summed E-state index contributed by atoms with van der Waals surface area (Å²) in [6, 6.07) is 0. The van der Waals surface area contributed by atoms with Crippen molar-refractivity contribution in [3.8, 4) is 0 Å². The highest BCUT2D eigenvalue weighted by molar-refractivity contribution is 5.90. The molecule has 0 bridgehead atoms. The van der Waals surface area contributed by atoms with Gasteiger partial charge in [0.15, 0.2) is 5.78 Å². The smallest absolute Gasteiger partial charge is 0.159 e. The van der Waals surface area contributed by atoms with E-state index in [1.807, 2.05) is 12.2 Å². The Hall–Kier alpha value is -1.15. The molecule has 2 nitrogen and oxygen atoms in total. The molecule has 0 N–H and O–H groups in total. The fraction of sp³-hybridized carbons (Fsp3) is 0.708. The van der Waals surface area contributed by atoms with Crippen LogP contribution in [0.1, 0.15) is 91.9 Å². The lowest BCUT2D eigenvalue weighted by atomic mass is 9.89. The van der Waals surface area contributed by atoms with Gasteiger partial charge in [0.05, 0.1) is 6.10 Å². The van der Waals surface area contributed by atoms with Crippen LogP contribution in [0.5, 0.6) is 0 Å². The predicted octanol–water partition coefficient (Wildman–Crippen LogP) is 6.96. The van der Waals surface area contributed by atoms with E-state index in [0.29, 0.717) is 17.9 Å². The quantitative estimate of drug-likeness (QED) is 0.145. The first kappa shape index (κ1) is 22.9. The summed E-state index contributed by atoms with van der Waals surface area (Å²) < 4.78 is 5.63. The zero-order valence-electron chi connectivity index (χ0n) is 17.5. The van der Waals surface area contributed by atoms with Crippen LogP contribution in [0, 0.1) is 5.41 Å². The van der Waals surface area contributed by atoms with Gasteiger partial charge in [-0.2, -0.15) is 0 Å². The first-order chi connectivity index (χ1) is 12.4. The number of hydrogen-bond acceptors (Lipinski definition) is 2. The average Bonchev–Trinajstić information content (AvgIpc) is 3.33. The van der Waals surface area contributed by atoms with Crippen LogP contribution >= 0.6 is 0 Å². The van der Waals surface area contributed by atoms with Gasteiger partial charge in [-0.3, -0.25) is 4.79 Å². The second-order valence-corrected chi connectivity index (χ2v) is 8.65. The Labute approximate surface area is 161 Å². The molecule has 0 aromatic heterocycles. The number of ether oxygens (including phenoxy) is 1. The van der Waals surface area contributed by atoms with Gasteiger partial charge in [0.1, 0.15) is 6.10 Å². The zero-order valence-corrected chi connectivity index (χ0v) is 17.5. The van der Waals surface area contributed by atoms with E-state index in [1.165, 1.54) is 44.9 Å². The second-order valence-electron chi connectivity index (χ2n) is 8.65. The van der Waals surface area contributed by atoms with E-state index >= 15 is 0 Å². The van der Waals surface area contributed by atoms with Crippen molar-refractivity contribution in [2.75, 3.05) is 0 Å². The van der Waals surface area contributed by atoms with Gasteiger partial charge in [-0.25, -0.2) is 0 Å². The summed E-state index contributed by atoms with van der Waals surface area (Å²) in [5.74, 6) is 0.162. The van der Waals surface area contributed by atoms with E-state index < -0.39 is 0 Å². The molecule has 0 amide bonds. The minimum atomic E-state index is 0.162. The maximum atomic E-state index is 11.8. The van der Waals surface area contributed by atoms with Crippen LogP contribution in [0.2, 0.25) is 0 Å².